The Hall–Kier alpha value is -1.02. The lowest BCUT2D eigenvalue weighted by atomic mass is 10.0. The molecule has 1 saturated heterocycles. The molecule has 0 aliphatic carbocycles. The van der Waals surface area contributed by atoms with Crippen LogP contribution in [0.3, 0.4) is 0 Å². The van der Waals surface area contributed by atoms with E-state index in [0.29, 0.717) is 0 Å². The van der Waals surface area contributed by atoms with Crippen LogP contribution in [0.4, 0.5) is 0 Å². The lowest BCUT2D eigenvalue weighted by Crippen LogP contribution is -2.37. The average Bonchev–Trinajstić information content (AvgIpc) is 2.32. The van der Waals surface area contributed by atoms with Gasteiger partial charge in [0.1, 0.15) is 12.4 Å². The van der Waals surface area contributed by atoms with Crippen LogP contribution in [0.2, 0.25) is 0 Å². The van der Waals surface area contributed by atoms with Crippen LogP contribution in [0, 0.1) is 26.7 Å². The van der Waals surface area contributed by atoms with Crippen LogP contribution in [-0.4, -0.2) is 31.1 Å². The predicted molar refractivity (Wildman–Crippen MR) is 81.0 cm³/mol. The van der Waals surface area contributed by atoms with Crippen molar-refractivity contribution in [3.8, 4) is 5.75 Å². The summed E-state index contributed by atoms with van der Waals surface area (Å²) in [6.45, 7) is 13.1. The maximum Gasteiger partial charge on any atom is 0.125 e. The molecule has 2 heteroatoms. The average molecular weight is 261 g/mol. The van der Waals surface area contributed by atoms with Crippen LogP contribution >= 0.6 is 0 Å². The van der Waals surface area contributed by atoms with Gasteiger partial charge in [-0.15, -0.1) is 0 Å². The van der Waals surface area contributed by atoms with E-state index >= 15 is 0 Å². The van der Waals surface area contributed by atoms with E-state index in [-0.39, 0.29) is 0 Å². The monoisotopic (exact) mass is 261 g/mol. The van der Waals surface area contributed by atoms with Gasteiger partial charge < -0.3 is 4.74 Å². The molecule has 19 heavy (non-hydrogen) atoms. The Bertz CT molecular complexity index is 404. The van der Waals surface area contributed by atoms with Crippen LogP contribution in [0.15, 0.2) is 12.1 Å². The van der Waals surface area contributed by atoms with Gasteiger partial charge >= 0.3 is 0 Å². The molecule has 0 radical (unpaired) electrons. The highest BCUT2D eigenvalue weighted by atomic mass is 16.5. The van der Waals surface area contributed by atoms with E-state index < -0.39 is 0 Å². The molecule has 2 rings (SSSR count). The first-order chi connectivity index (χ1) is 9.06. The highest BCUT2D eigenvalue weighted by molar-refractivity contribution is 5.42. The third-order valence-corrected chi connectivity index (χ3v) is 4.00. The zero-order valence-electron chi connectivity index (χ0n) is 12.8. The first kappa shape index (κ1) is 14.4. The fraction of sp³-hybridized carbons (Fsp3) is 0.647. The summed E-state index contributed by atoms with van der Waals surface area (Å²) in [6, 6.07) is 4.40. The Kier molecular flexibility index (Phi) is 4.87. The van der Waals surface area contributed by atoms with Crippen molar-refractivity contribution in [3.05, 3.63) is 28.8 Å². The Morgan fingerprint density at radius 2 is 1.89 bits per heavy atom. The molecule has 0 saturated carbocycles. The second kappa shape index (κ2) is 6.42. The first-order valence-electron chi connectivity index (χ1n) is 7.49. The largest absolute Gasteiger partial charge is 0.492 e. The minimum absolute atomic E-state index is 0.803. The number of hydrogen-bond acceptors (Lipinski definition) is 2. The van der Waals surface area contributed by atoms with Crippen molar-refractivity contribution >= 4 is 0 Å². The fourth-order valence-electron chi connectivity index (χ4n) is 3.16. The van der Waals surface area contributed by atoms with Gasteiger partial charge in [-0.25, -0.2) is 0 Å². The maximum atomic E-state index is 6.02. The van der Waals surface area contributed by atoms with Gasteiger partial charge in [-0.3, -0.25) is 4.90 Å². The fourth-order valence-corrected chi connectivity index (χ4v) is 3.16. The van der Waals surface area contributed by atoms with E-state index in [0.717, 1.165) is 24.8 Å². The summed E-state index contributed by atoms with van der Waals surface area (Å²) in [5, 5.41) is 0. The molecule has 0 unspecified atom stereocenters. The minimum atomic E-state index is 0.803. The van der Waals surface area contributed by atoms with Crippen molar-refractivity contribution in [1.82, 2.24) is 4.90 Å². The second-order valence-corrected chi connectivity index (χ2v) is 6.12. The van der Waals surface area contributed by atoms with Gasteiger partial charge in [0.2, 0.25) is 0 Å². The molecule has 106 valence electrons. The number of rotatable bonds is 4. The standard InChI is InChI=1S/C17H27NO/c1-13-6-5-7-18(12-13)8-9-19-17-15(3)10-14(2)11-16(17)4/h10-11,13H,5-9,12H2,1-4H3/t13-/m0/s1. The van der Waals surface area contributed by atoms with Crippen molar-refractivity contribution in [2.45, 2.75) is 40.5 Å². The quantitative estimate of drug-likeness (QED) is 0.819. The van der Waals surface area contributed by atoms with Crippen molar-refractivity contribution in [2.24, 2.45) is 5.92 Å². The Morgan fingerprint density at radius 1 is 1.21 bits per heavy atom. The number of likely N-dealkylation sites (tertiary alicyclic amines) is 1. The number of aryl methyl sites for hydroxylation is 3. The molecule has 1 aliphatic heterocycles. The predicted octanol–water partition coefficient (Wildman–Crippen LogP) is 3.72. The zero-order chi connectivity index (χ0) is 13.8. The van der Waals surface area contributed by atoms with Crippen LogP contribution < -0.4 is 4.74 Å². The first-order valence-corrected chi connectivity index (χ1v) is 7.49. The molecular formula is C17H27NO. The van der Waals surface area contributed by atoms with Crippen LogP contribution in [0.25, 0.3) is 0 Å². The van der Waals surface area contributed by atoms with Crippen molar-refractivity contribution in [1.29, 1.82) is 0 Å². The van der Waals surface area contributed by atoms with Gasteiger partial charge in [0.15, 0.2) is 0 Å². The summed E-state index contributed by atoms with van der Waals surface area (Å²) in [5.41, 5.74) is 3.82. The van der Waals surface area contributed by atoms with E-state index in [4.69, 9.17) is 4.74 Å². The summed E-state index contributed by atoms with van der Waals surface area (Å²) in [4.78, 5) is 2.53. The third kappa shape index (κ3) is 3.97. The van der Waals surface area contributed by atoms with Crippen LogP contribution in [0.1, 0.15) is 36.5 Å². The van der Waals surface area contributed by atoms with Crippen LogP contribution in [0.5, 0.6) is 5.75 Å². The number of ether oxygens (including phenoxy) is 1. The SMILES string of the molecule is Cc1cc(C)c(OCCN2CCC[C@H](C)C2)c(C)c1. The van der Waals surface area contributed by atoms with Crippen molar-refractivity contribution in [3.63, 3.8) is 0 Å². The van der Waals surface area contributed by atoms with E-state index in [1.807, 2.05) is 0 Å². The zero-order valence-corrected chi connectivity index (χ0v) is 12.8. The van der Waals surface area contributed by atoms with Gasteiger partial charge in [-0.2, -0.15) is 0 Å². The van der Waals surface area contributed by atoms with Gasteiger partial charge in [0.25, 0.3) is 0 Å². The summed E-state index contributed by atoms with van der Waals surface area (Å²) >= 11 is 0. The molecule has 0 N–H and O–H groups in total. The normalized spacial score (nSPS) is 20.5. The van der Waals surface area contributed by atoms with Gasteiger partial charge in [0, 0.05) is 13.1 Å². The number of hydrogen-bond donors (Lipinski definition) is 0. The van der Waals surface area contributed by atoms with E-state index in [1.165, 1.54) is 42.6 Å². The lowest BCUT2D eigenvalue weighted by molar-refractivity contribution is 0.153. The molecule has 0 bridgehead atoms. The molecule has 0 aromatic heterocycles. The molecule has 1 heterocycles. The van der Waals surface area contributed by atoms with Crippen LogP contribution in [-0.2, 0) is 0 Å². The lowest BCUT2D eigenvalue weighted by Gasteiger charge is -2.30. The number of nitrogens with zero attached hydrogens (tertiary/aromatic N) is 1. The van der Waals surface area contributed by atoms with Gasteiger partial charge in [-0.1, -0.05) is 24.6 Å². The maximum absolute atomic E-state index is 6.02. The number of benzene rings is 1. The molecule has 0 spiro atoms. The molecule has 1 atom stereocenters. The topological polar surface area (TPSA) is 12.5 Å². The highest BCUT2D eigenvalue weighted by Crippen LogP contribution is 2.24. The van der Waals surface area contributed by atoms with Crippen molar-refractivity contribution in [2.75, 3.05) is 26.2 Å². The number of piperidine rings is 1. The summed E-state index contributed by atoms with van der Waals surface area (Å²) in [7, 11) is 0. The Labute approximate surface area is 117 Å². The Balaban J connectivity index is 1.85. The minimum Gasteiger partial charge on any atom is -0.492 e. The van der Waals surface area contributed by atoms with Crippen molar-refractivity contribution < 1.29 is 4.74 Å². The molecular weight excluding hydrogens is 234 g/mol. The van der Waals surface area contributed by atoms with E-state index in [2.05, 4.69) is 44.7 Å². The Morgan fingerprint density at radius 3 is 2.53 bits per heavy atom. The van der Waals surface area contributed by atoms with Gasteiger partial charge in [0.05, 0.1) is 0 Å². The molecule has 1 aromatic carbocycles. The van der Waals surface area contributed by atoms with E-state index in [1.54, 1.807) is 0 Å². The molecule has 2 nitrogen and oxygen atoms in total. The van der Waals surface area contributed by atoms with Gasteiger partial charge in [-0.05, 0) is 57.2 Å². The third-order valence-electron chi connectivity index (χ3n) is 4.00. The molecule has 1 aliphatic rings. The summed E-state index contributed by atoms with van der Waals surface area (Å²) < 4.78 is 6.02. The smallest absolute Gasteiger partial charge is 0.125 e. The molecule has 0 amide bonds. The highest BCUT2D eigenvalue weighted by Gasteiger charge is 2.16. The molecule has 1 aromatic rings. The second-order valence-electron chi connectivity index (χ2n) is 6.12. The van der Waals surface area contributed by atoms with E-state index in [9.17, 15) is 0 Å². The summed E-state index contributed by atoms with van der Waals surface area (Å²) in [6.07, 6.45) is 2.72. The molecule has 1 fully saturated rings. The summed E-state index contributed by atoms with van der Waals surface area (Å²) in [5.74, 6) is 1.92.